The Labute approximate surface area is 109 Å². The number of hydrogen-bond acceptors (Lipinski definition) is 3. The molecular formula is C14H21NO2S. The van der Waals surface area contributed by atoms with Gasteiger partial charge in [-0.2, -0.15) is 0 Å². The van der Waals surface area contributed by atoms with E-state index < -0.39 is 21.1 Å². The van der Waals surface area contributed by atoms with Crippen molar-refractivity contribution in [3.63, 3.8) is 0 Å². The molecule has 0 amide bonds. The first-order valence-electron chi connectivity index (χ1n) is 6.46. The maximum Gasteiger partial charge on any atom is 0.155 e. The second-order valence-corrected chi connectivity index (χ2v) is 7.63. The molecule has 0 bridgehead atoms. The van der Waals surface area contributed by atoms with Gasteiger partial charge in [-0.15, -0.1) is 0 Å². The monoisotopic (exact) mass is 267 g/mol. The van der Waals surface area contributed by atoms with Crippen LogP contribution in [0, 0.1) is 13.8 Å². The fourth-order valence-corrected chi connectivity index (χ4v) is 4.73. The van der Waals surface area contributed by atoms with Crippen molar-refractivity contribution in [3.05, 3.63) is 34.9 Å². The standard InChI is InChI=1S/C14H21NO2S/c1-10-6-7-11(2)12(9-10)14(15)13-5-3-4-8-18(13,16)17/h6-7,9,13-14H,3-5,8,15H2,1-2H3. The molecule has 1 saturated heterocycles. The first-order chi connectivity index (χ1) is 8.42. The molecule has 0 saturated carbocycles. The van der Waals surface area contributed by atoms with E-state index in [0.29, 0.717) is 6.42 Å². The summed E-state index contributed by atoms with van der Waals surface area (Å²) in [6.07, 6.45) is 2.43. The van der Waals surface area contributed by atoms with Gasteiger partial charge in [-0.25, -0.2) is 8.42 Å². The molecule has 1 aromatic carbocycles. The number of hydrogen-bond donors (Lipinski definition) is 1. The van der Waals surface area contributed by atoms with Gasteiger partial charge in [0.1, 0.15) is 0 Å². The Morgan fingerprint density at radius 2 is 2.00 bits per heavy atom. The molecule has 0 aromatic heterocycles. The van der Waals surface area contributed by atoms with Crippen molar-refractivity contribution in [3.8, 4) is 0 Å². The molecule has 0 aliphatic carbocycles. The third kappa shape index (κ3) is 2.59. The molecule has 2 rings (SSSR count). The molecule has 0 spiro atoms. The molecule has 1 fully saturated rings. The second-order valence-electron chi connectivity index (χ2n) is 5.29. The predicted molar refractivity (Wildman–Crippen MR) is 74.3 cm³/mol. The van der Waals surface area contributed by atoms with Gasteiger partial charge in [-0.3, -0.25) is 0 Å². The fraction of sp³-hybridized carbons (Fsp3) is 0.571. The Kier molecular flexibility index (Phi) is 3.78. The van der Waals surface area contributed by atoms with E-state index >= 15 is 0 Å². The Morgan fingerprint density at radius 3 is 2.67 bits per heavy atom. The molecular weight excluding hydrogens is 246 g/mol. The van der Waals surface area contributed by atoms with Crippen LogP contribution in [-0.4, -0.2) is 19.4 Å². The second kappa shape index (κ2) is 5.02. The van der Waals surface area contributed by atoms with E-state index in [1.54, 1.807) is 0 Å². The largest absolute Gasteiger partial charge is 0.323 e. The summed E-state index contributed by atoms with van der Waals surface area (Å²) in [4.78, 5) is 0. The highest BCUT2D eigenvalue weighted by atomic mass is 32.2. The number of aryl methyl sites for hydroxylation is 2. The average molecular weight is 267 g/mol. The zero-order valence-corrected chi connectivity index (χ0v) is 11.8. The average Bonchev–Trinajstić information content (AvgIpc) is 2.31. The van der Waals surface area contributed by atoms with Crippen molar-refractivity contribution in [1.82, 2.24) is 0 Å². The minimum absolute atomic E-state index is 0.288. The highest BCUT2D eigenvalue weighted by Crippen LogP contribution is 2.30. The maximum absolute atomic E-state index is 12.1. The maximum atomic E-state index is 12.1. The fourth-order valence-electron chi connectivity index (χ4n) is 2.70. The predicted octanol–water partition coefficient (Wildman–Crippen LogP) is 2.27. The molecule has 2 N–H and O–H groups in total. The van der Waals surface area contributed by atoms with Crippen LogP contribution in [0.1, 0.15) is 42.0 Å². The summed E-state index contributed by atoms with van der Waals surface area (Å²) in [5.41, 5.74) is 9.42. The van der Waals surface area contributed by atoms with Crippen LogP contribution in [-0.2, 0) is 9.84 Å². The van der Waals surface area contributed by atoms with Crippen LogP contribution < -0.4 is 5.73 Å². The lowest BCUT2D eigenvalue weighted by atomic mass is 9.95. The lowest BCUT2D eigenvalue weighted by Crippen LogP contribution is -2.38. The van der Waals surface area contributed by atoms with E-state index in [4.69, 9.17) is 5.73 Å². The molecule has 1 aliphatic rings. The molecule has 3 nitrogen and oxygen atoms in total. The molecule has 2 unspecified atom stereocenters. The van der Waals surface area contributed by atoms with E-state index in [-0.39, 0.29) is 5.75 Å². The van der Waals surface area contributed by atoms with Crippen LogP contribution in [0.3, 0.4) is 0 Å². The van der Waals surface area contributed by atoms with Crippen LogP contribution in [0.15, 0.2) is 18.2 Å². The summed E-state index contributed by atoms with van der Waals surface area (Å²) < 4.78 is 24.2. The zero-order chi connectivity index (χ0) is 13.3. The first kappa shape index (κ1) is 13.6. The lowest BCUT2D eigenvalue weighted by Gasteiger charge is -2.28. The van der Waals surface area contributed by atoms with Gasteiger partial charge in [0.15, 0.2) is 9.84 Å². The molecule has 4 heteroatoms. The third-order valence-electron chi connectivity index (χ3n) is 3.82. The van der Waals surface area contributed by atoms with E-state index in [9.17, 15) is 8.42 Å². The zero-order valence-electron chi connectivity index (χ0n) is 11.0. The summed E-state index contributed by atoms with van der Waals surface area (Å²) in [6.45, 7) is 4.00. The van der Waals surface area contributed by atoms with Gasteiger partial charge in [0.25, 0.3) is 0 Å². The molecule has 1 heterocycles. The van der Waals surface area contributed by atoms with Crippen molar-refractivity contribution in [2.24, 2.45) is 5.73 Å². The van der Waals surface area contributed by atoms with Crippen LogP contribution in [0.2, 0.25) is 0 Å². The molecule has 1 aliphatic heterocycles. The van der Waals surface area contributed by atoms with Crippen LogP contribution >= 0.6 is 0 Å². The smallest absolute Gasteiger partial charge is 0.155 e. The topological polar surface area (TPSA) is 60.2 Å². The summed E-state index contributed by atoms with van der Waals surface area (Å²) in [5.74, 6) is 0.288. The van der Waals surface area contributed by atoms with Gasteiger partial charge >= 0.3 is 0 Å². The van der Waals surface area contributed by atoms with Crippen molar-refractivity contribution in [1.29, 1.82) is 0 Å². The molecule has 1 aromatic rings. The van der Waals surface area contributed by atoms with Crippen molar-refractivity contribution >= 4 is 9.84 Å². The first-order valence-corrected chi connectivity index (χ1v) is 8.17. The highest BCUT2D eigenvalue weighted by Gasteiger charge is 2.34. The molecule has 18 heavy (non-hydrogen) atoms. The van der Waals surface area contributed by atoms with Crippen LogP contribution in [0.25, 0.3) is 0 Å². The Morgan fingerprint density at radius 1 is 1.28 bits per heavy atom. The van der Waals surface area contributed by atoms with Gasteiger partial charge < -0.3 is 5.73 Å². The number of nitrogens with two attached hydrogens (primary N) is 1. The lowest BCUT2D eigenvalue weighted by molar-refractivity contribution is 0.504. The SMILES string of the molecule is Cc1ccc(C)c(C(N)C2CCCCS2(=O)=O)c1. The summed E-state index contributed by atoms with van der Waals surface area (Å²) in [5, 5.41) is -0.410. The summed E-state index contributed by atoms with van der Waals surface area (Å²) in [6, 6.07) is 5.67. The number of rotatable bonds is 2. The minimum atomic E-state index is -3.03. The molecule has 2 atom stereocenters. The van der Waals surface area contributed by atoms with Crippen LogP contribution in [0.4, 0.5) is 0 Å². The van der Waals surface area contributed by atoms with Crippen molar-refractivity contribution < 1.29 is 8.42 Å². The van der Waals surface area contributed by atoms with Gasteiger partial charge in [-0.05, 0) is 37.8 Å². The Balaban J connectivity index is 2.35. The third-order valence-corrected chi connectivity index (χ3v) is 6.13. The number of sulfone groups is 1. The highest BCUT2D eigenvalue weighted by molar-refractivity contribution is 7.92. The quantitative estimate of drug-likeness (QED) is 0.894. The Hall–Kier alpha value is -0.870. The summed E-state index contributed by atoms with van der Waals surface area (Å²) >= 11 is 0. The minimum Gasteiger partial charge on any atom is -0.323 e. The van der Waals surface area contributed by atoms with Crippen molar-refractivity contribution in [2.45, 2.75) is 44.4 Å². The van der Waals surface area contributed by atoms with Crippen LogP contribution in [0.5, 0.6) is 0 Å². The van der Waals surface area contributed by atoms with E-state index in [1.807, 2.05) is 32.0 Å². The van der Waals surface area contributed by atoms with E-state index in [0.717, 1.165) is 29.5 Å². The van der Waals surface area contributed by atoms with Gasteiger partial charge in [0.2, 0.25) is 0 Å². The summed E-state index contributed by atoms with van der Waals surface area (Å²) in [7, 11) is -3.03. The number of benzene rings is 1. The van der Waals surface area contributed by atoms with E-state index in [2.05, 4.69) is 0 Å². The molecule has 0 radical (unpaired) electrons. The molecule has 100 valence electrons. The normalized spacial score (nSPS) is 24.7. The van der Waals surface area contributed by atoms with Gasteiger partial charge in [0.05, 0.1) is 11.0 Å². The van der Waals surface area contributed by atoms with E-state index in [1.165, 1.54) is 0 Å². The van der Waals surface area contributed by atoms with Gasteiger partial charge in [-0.1, -0.05) is 30.2 Å². The van der Waals surface area contributed by atoms with Gasteiger partial charge in [0, 0.05) is 6.04 Å². The van der Waals surface area contributed by atoms with Crippen molar-refractivity contribution in [2.75, 3.05) is 5.75 Å². The Bertz CT molecular complexity index is 537.